The zero-order chi connectivity index (χ0) is 40.1. The van der Waals surface area contributed by atoms with Gasteiger partial charge in [0.05, 0.1) is 38.1 Å². The van der Waals surface area contributed by atoms with E-state index < -0.39 is 75.9 Å². The summed E-state index contributed by atoms with van der Waals surface area (Å²) in [6.45, 7) is -8.98. The van der Waals surface area contributed by atoms with Gasteiger partial charge >= 0.3 is 13.6 Å². The molecule has 28 heteroatoms. The number of carbonyl (C=O) groups is 1. The quantitative estimate of drug-likeness (QED) is 0.0465. The number of nitrogens with one attached hydrogen (secondary N) is 3. The fourth-order valence-electron chi connectivity index (χ4n) is 6.99. The molecule has 24 nitrogen and oxygen atoms in total. The first-order chi connectivity index (χ1) is 27.3. The number of aryl methyl sites for hydroxylation is 1. The van der Waals surface area contributed by atoms with Crippen LogP contribution in [0.1, 0.15) is 24.4 Å². The lowest BCUT2D eigenvalue weighted by Gasteiger charge is -2.26. The van der Waals surface area contributed by atoms with E-state index in [1.54, 1.807) is 4.57 Å². The number of imidazole rings is 1. The summed E-state index contributed by atoms with van der Waals surface area (Å²) in [5.74, 6) is 0.346. The molecule has 4 aliphatic heterocycles. The summed E-state index contributed by atoms with van der Waals surface area (Å²) in [6, 6.07) is 0. The zero-order valence-corrected chi connectivity index (χ0v) is 33.3. The number of hydrogen-bond acceptors (Lipinski definition) is 21. The van der Waals surface area contributed by atoms with Gasteiger partial charge in [-0.05, 0) is 18.4 Å². The van der Waals surface area contributed by atoms with E-state index in [2.05, 4.69) is 65.4 Å². The number of fused-ring (bicyclic) bond motifs is 4. The van der Waals surface area contributed by atoms with Crippen LogP contribution in [-0.2, 0) is 52.7 Å². The summed E-state index contributed by atoms with van der Waals surface area (Å²) in [4.78, 5) is 33.1. The number of thiol groups is 2. The fourth-order valence-corrected chi connectivity index (χ4v) is 9.94. The number of nitrogen functional groups attached to an aromatic ring is 1. The number of aromatic nitrogens is 7. The van der Waals surface area contributed by atoms with E-state index >= 15 is 0 Å². The van der Waals surface area contributed by atoms with E-state index in [1.807, 2.05) is 6.20 Å². The van der Waals surface area contributed by atoms with E-state index in [9.17, 15) is 24.1 Å². The van der Waals surface area contributed by atoms with Gasteiger partial charge in [0.2, 0.25) is 11.9 Å². The molecule has 10 atom stereocenters. The maximum absolute atomic E-state index is 13.9. The third-order valence-electron chi connectivity index (χ3n) is 9.62. The lowest BCUT2D eigenvalue weighted by atomic mass is 10.1. The Morgan fingerprint density at radius 2 is 1.75 bits per heavy atom. The summed E-state index contributed by atoms with van der Waals surface area (Å²) >= 11 is 8.38. The molecule has 4 aliphatic rings. The third-order valence-corrected chi connectivity index (χ3v) is 12.9. The highest BCUT2D eigenvalue weighted by Gasteiger charge is 2.53. The van der Waals surface area contributed by atoms with E-state index in [0.29, 0.717) is 17.9 Å². The summed E-state index contributed by atoms with van der Waals surface area (Å²) in [6.07, 6.45) is -4.76. The minimum absolute atomic E-state index is 0.00436. The Hall–Kier alpha value is -3.20. The molecule has 2 bridgehead atoms. The average Bonchev–Trinajstić information content (AvgIpc) is 3.88. The molecule has 3 fully saturated rings. The normalized spacial score (nSPS) is 33.1. The third kappa shape index (κ3) is 8.34. The molecule has 0 spiro atoms. The maximum Gasteiger partial charge on any atom is 0.386 e. The lowest BCUT2D eigenvalue weighted by Crippen LogP contribution is -2.35. The molecule has 8 rings (SSSR count). The van der Waals surface area contributed by atoms with Crippen molar-refractivity contribution in [1.29, 1.82) is 0 Å². The van der Waals surface area contributed by atoms with Crippen LogP contribution in [0.15, 0.2) is 18.9 Å². The van der Waals surface area contributed by atoms with Crippen LogP contribution in [0.2, 0.25) is 0 Å². The number of carbonyl (C=O) groups excluding carboxylic acids is 1. The Morgan fingerprint density at radius 3 is 2.54 bits per heavy atom. The Labute approximate surface area is 333 Å². The highest BCUT2D eigenvalue weighted by atomic mass is 32.7. The molecule has 3 saturated heterocycles. The van der Waals surface area contributed by atoms with Crippen molar-refractivity contribution in [2.24, 2.45) is 5.73 Å². The highest BCUT2D eigenvalue weighted by molar-refractivity contribution is 8.44. The van der Waals surface area contributed by atoms with Crippen molar-refractivity contribution in [3.05, 3.63) is 24.4 Å². The minimum Gasteiger partial charge on any atom is -0.387 e. The predicted molar refractivity (Wildman–Crippen MR) is 205 cm³/mol. The van der Waals surface area contributed by atoms with Gasteiger partial charge in [-0.1, -0.05) is 24.5 Å². The van der Waals surface area contributed by atoms with Gasteiger partial charge in [0, 0.05) is 19.3 Å². The number of ether oxygens (including phenoxy) is 3. The number of amides is 1. The smallest absolute Gasteiger partial charge is 0.386 e. The molecule has 57 heavy (non-hydrogen) atoms. The van der Waals surface area contributed by atoms with Crippen molar-refractivity contribution < 1.29 is 56.4 Å². The number of rotatable bonds is 9. The fraction of sp³-hybridized carbons (Fsp3) is 0.586. The zero-order valence-electron chi connectivity index (χ0n) is 29.8. The van der Waals surface area contributed by atoms with Crippen molar-refractivity contribution >= 4 is 83.8 Å². The Bertz CT molecular complexity index is 2240. The van der Waals surface area contributed by atoms with Crippen LogP contribution >= 0.6 is 38.1 Å². The first-order valence-corrected chi connectivity index (χ1v) is 23.1. The van der Waals surface area contributed by atoms with Gasteiger partial charge in [0.25, 0.3) is 0 Å². The van der Waals surface area contributed by atoms with Crippen molar-refractivity contribution in [3.8, 4) is 0 Å². The Balaban J connectivity index is 1.03. The largest absolute Gasteiger partial charge is 0.387 e. The van der Waals surface area contributed by atoms with E-state index in [0.717, 1.165) is 23.9 Å². The monoisotopic (exact) mass is 874 g/mol. The molecule has 4 aromatic heterocycles. The molecule has 8 heterocycles. The standard InChI is InChI=1S/C29H40N12O12P2S2/c30-6-16(42)37-12-47-5-4-33-29-38-23(31)18-26(39-29)41(11-36-18)28-22-19(43)14(50-28)8-48-54(45,56)52-21-15(9-49-55(46,57)53-22)51-27(20(21)44)40-7-13-2-1-3-32-24-17(13)25(40)35-10-34-24/h7,10-11,14-15,19-22,27-28,43-44H,1-6,8-9,12,30H2,(H,37,42)(H,45,56)(H,46,57)(H,32,34,35)(H3,31,33,38,39)/t14-,15-,19-,20-,21-,22-,27-,28-,54?,55?/m1/s1. The van der Waals surface area contributed by atoms with Crippen molar-refractivity contribution in [2.75, 3.05) is 62.6 Å². The molecule has 0 aliphatic carbocycles. The molecule has 9 N–H and O–H groups in total. The van der Waals surface area contributed by atoms with Gasteiger partial charge in [-0.25, -0.2) is 24.1 Å². The second kappa shape index (κ2) is 16.5. The second-order valence-corrected chi connectivity index (χ2v) is 19.1. The van der Waals surface area contributed by atoms with E-state index in [4.69, 9.17) is 43.8 Å². The summed E-state index contributed by atoms with van der Waals surface area (Å²) in [5, 5.41) is 32.6. The van der Waals surface area contributed by atoms with Gasteiger partial charge in [-0.2, -0.15) is 9.97 Å². The molecule has 0 saturated carbocycles. The maximum atomic E-state index is 13.9. The van der Waals surface area contributed by atoms with Crippen LogP contribution in [0, 0.1) is 0 Å². The number of hydrogen-bond donors (Lipinski definition) is 9. The molecule has 310 valence electrons. The summed E-state index contributed by atoms with van der Waals surface area (Å²) < 4.78 is 71.4. The topological polar surface area (TPSA) is 319 Å². The summed E-state index contributed by atoms with van der Waals surface area (Å²) in [5.41, 5.74) is 13.2. The van der Waals surface area contributed by atoms with E-state index in [-0.39, 0.29) is 55.3 Å². The van der Waals surface area contributed by atoms with Crippen LogP contribution in [0.4, 0.5) is 17.6 Å². The van der Waals surface area contributed by atoms with Crippen molar-refractivity contribution in [1.82, 2.24) is 39.4 Å². The minimum atomic E-state index is -4.40. The molecule has 0 aromatic carbocycles. The molecular formula is C29H40N12O12P2S2. The summed E-state index contributed by atoms with van der Waals surface area (Å²) in [7, 11) is 0. The highest BCUT2D eigenvalue weighted by Crippen LogP contribution is 2.60. The van der Waals surface area contributed by atoms with Crippen LogP contribution in [-0.4, -0.2) is 133 Å². The van der Waals surface area contributed by atoms with Crippen LogP contribution in [0.3, 0.4) is 0 Å². The molecule has 0 radical (unpaired) electrons. The van der Waals surface area contributed by atoms with Gasteiger partial charge in [-0.15, -0.1) is 0 Å². The number of nitrogens with zero attached hydrogens (tertiary/aromatic N) is 7. The van der Waals surface area contributed by atoms with Crippen molar-refractivity contribution in [3.63, 3.8) is 0 Å². The molecule has 4 aromatic rings. The van der Waals surface area contributed by atoms with Gasteiger partial charge in [0.15, 0.2) is 23.9 Å². The average molecular weight is 875 g/mol. The van der Waals surface area contributed by atoms with E-state index in [1.165, 1.54) is 17.2 Å². The first kappa shape index (κ1) is 40.6. The number of nitrogens with two attached hydrogens (primary N) is 2. The molecule has 1 amide bonds. The molecule has 2 unspecified atom stereocenters. The van der Waals surface area contributed by atoms with Gasteiger partial charge in [0.1, 0.15) is 66.7 Å². The molecular weight excluding hydrogens is 834 g/mol. The lowest BCUT2D eigenvalue weighted by molar-refractivity contribution is -0.121. The number of anilines is 3. The van der Waals surface area contributed by atoms with Crippen LogP contribution in [0.25, 0.3) is 22.2 Å². The number of aliphatic hydroxyl groups is 2. The number of aliphatic hydroxyl groups excluding tert-OH is 2. The Kier molecular flexibility index (Phi) is 11.7. The predicted octanol–water partition coefficient (Wildman–Crippen LogP) is 0.0820. The van der Waals surface area contributed by atoms with Gasteiger partial charge in [-0.3, -0.25) is 27.5 Å². The van der Waals surface area contributed by atoms with Gasteiger partial charge < -0.3 is 56.4 Å². The van der Waals surface area contributed by atoms with Crippen molar-refractivity contribution in [2.45, 2.75) is 61.9 Å². The van der Waals surface area contributed by atoms with Crippen LogP contribution < -0.4 is 27.4 Å². The van der Waals surface area contributed by atoms with Crippen LogP contribution in [0.5, 0.6) is 0 Å². The first-order valence-electron chi connectivity index (χ1n) is 17.7. The SMILES string of the molecule is NCC(=O)NCOCCNc1nc(N)c2ncn([C@@H]3O[C@@H]4COP(=O)(S)O[C@H]5[C@@H](O)[C@H](n6cc7c8c(ncnc86)NCCC7)O[C@@H]5COP(=O)(S)O[C@@H]3[C@@H]4O)c2n1. The Morgan fingerprint density at radius 1 is 1.00 bits per heavy atom. The second-order valence-electron chi connectivity index (χ2n) is 13.3.